The summed E-state index contributed by atoms with van der Waals surface area (Å²) in [4.78, 5) is 2.71. The molecule has 1 atom stereocenters. The van der Waals surface area contributed by atoms with Crippen LogP contribution in [0.25, 0.3) is 0 Å². The molecule has 1 heterocycles. The quantitative estimate of drug-likeness (QED) is 0.741. The number of aryl methyl sites for hydroxylation is 2. The molecule has 0 saturated carbocycles. The van der Waals surface area contributed by atoms with Gasteiger partial charge in [0.25, 0.3) is 0 Å². The molecule has 0 fully saturated rings. The number of hydrogen-bond donors (Lipinski definition) is 1. The fourth-order valence-corrected chi connectivity index (χ4v) is 3.38. The standard InChI is InChI=1S/C12H18OS/c1-2-10(13)12-8-9-6-4-3-5-7-11(9)14-12/h8,10,13H,2-7H2,1H3. The maximum absolute atomic E-state index is 9.76. The summed E-state index contributed by atoms with van der Waals surface area (Å²) in [6.45, 7) is 2.04. The van der Waals surface area contributed by atoms with Gasteiger partial charge in [0.2, 0.25) is 0 Å². The summed E-state index contributed by atoms with van der Waals surface area (Å²) in [7, 11) is 0. The minimum absolute atomic E-state index is 0.230. The molecule has 1 nitrogen and oxygen atoms in total. The third-order valence-corrected chi connectivity index (χ3v) is 4.32. The zero-order chi connectivity index (χ0) is 9.97. The Labute approximate surface area is 89.8 Å². The molecule has 0 aromatic carbocycles. The molecule has 1 aromatic rings. The molecule has 14 heavy (non-hydrogen) atoms. The molecule has 2 rings (SSSR count). The first kappa shape index (κ1) is 10.2. The van der Waals surface area contributed by atoms with Crippen molar-refractivity contribution < 1.29 is 5.11 Å². The second-order valence-corrected chi connectivity index (χ2v) is 5.25. The van der Waals surface area contributed by atoms with Crippen LogP contribution in [0.1, 0.15) is 54.0 Å². The molecule has 2 heteroatoms. The van der Waals surface area contributed by atoms with Gasteiger partial charge >= 0.3 is 0 Å². The van der Waals surface area contributed by atoms with Gasteiger partial charge in [-0.1, -0.05) is 13.3 Å². The van der Waals surface area contributed by atoms with Crippen LogP contribution in [-0.4, -0.2) is 5.11 Å². The fraction of sp³-hybridized carbons (Fsp3) is 0.667. The first-order valence-corrected chi connectivity index (χ1v) is 6.42. The highest BCUT2D eigenvalue weighted by atomic mass is 32.1. The zero-order valence-corrected chi connectivity index (χ0v) is 9.57. The van der Waals surface area contributed by atoms with Gasteiger partial charge in [0.1, 0.15) is 0 Å². The molecule has 0 spiro atoms. The molecular formula is C12H18OS. The average molecular weight is 210 g/mol. The highest BCUT2D eigenvalue weighted by molar-refractivity contribution is 7.12. The molecular weight excluding hydrogens is 192 g/mol. The third kappa shape index (κ3) is 2.01. The summed E-state index contributed by atoms with van der Waals surface area (Å²) < 4.78 is 0. The van der Waals surface area contributed by atoms with E-state index in [2.05, 4.69) is 6.07 Å². The predicted octanol–water partition coefficient (Wildman–Crippen LogP) is 3.46. The van der Waals surface area contributed by atoms with Gasteiger partial charge in [-0.05, 0) is 43.7 Å². The summed E-state index contributed by atoms with van der Waals surface area (Å²) in [6.07, 6.45) is 7.08. The SMILES string of the molecule is CCC(O)c1cc2c(s1)CCCCC2. The first-order valence-electron chi connectivity index (χ1n) is 5.60. The van der Waals surface area contributed by atoms with Crippen molar-refractivity contribution in [3.05, 3.63) is 21.4 Å². The number of hydrogen-bond acceptors (Lipinski definition) is 2. The van der Waals surface area contributed by atoms with Crippen molar-refractivity contribution in [1.82, 2.24) is 0 Å². The van der Waals surface area contributed by atoms with E-state index in [0.29, 0.717) is 0 Å². The Morgan fingerprint density at radius 3 is 2.93 bits per heavy atom. The Bertz CT molecular complexity index is 280. The topological polar surface area (TPSA) is 20.2 Å². The van der Waals surface area contributed by atoms with Crippen LogP contribution in [0.4, 0.5) is 0 Å². The zero-order valence-electron chi connectivity index (χ0n) is 8.75. The highest BCUT2D eigenvalue weighted by Crippen LogP contribution is 2.33. The van der Waals surface area contributed by atoms with Crippen molar-refractivity contribution in [2.24, 2.45) is 0 Å². The van der Waals surface area contributed by atoms with Crippen molar-refractivity contribution in [1.29, 1.82) is 0 Å². The normalized spacial score (nSPS) is 18.7. The largest absolute Gasteiger partial charge is 0.388 e. The van der Waals surface area contributed by atoms with Gasteiger partial charge in [-0.15, -0.1) is 11.3 Å². The lowest BCUT2D eigenvalue weighted by Crippen LogP contribution is -1.90. The Balaban J connectivity index is 2.22. The van der Waals surface area contributed by atoms with Crippen LogP contribution in [0.3, 0.4) is 0 Å². The number of aliphatic hydroxyl groups excluding tert-OH is 1. The van der Waals surface area contributed by atoms with Gasteiger partial charge in [0.05, 0.1) is 6.10 Å². The van der Waals surface area contributed by atoms with E-state index in [1.54, 1.807) is 0 Å². The van der Waals surface area contributed by atoms with E-state index >= 15 is 0 Å². The Morgan fingerprint density at radius 1 is 1.36 bits per heavy atom. The van der Waals surface area contributed by atoms with Gasteiger partial charge in [0.15, 0.2) is 0 Å². The predicted molar refractivity (Wildman–Crippen MR) is 60.8 cm³/mol. The van der Waals surface area contributed by atoms with E-state index in [9.17, 15) is 5.11 Å². The Hall–Kier alpha value is -0.340. The van der Waals surface area contributed by atoms with Crippen LogP contribution in [0, 0.1) is 0 Å². The molecule has 1 aliphatic rings. The molecule has 1 aromatic heterocycles. The van der Waals surface area contributed by atoms with E-state index in [4.69, 9.17) is 0 Å². The first-order chi connectivity index (χ1) is 6.81. The van der Waals surface area contributed by atoms with Gasteiger partial charge in [-0.25, -0.2) is 0 Å². The number of thiophene rings is 1. The molecule has 1 aliphatic carbocycles. The second-order valence-electron chi connectivity index (χ2n) is 4.08. The maximum Gasteiger partial charge on any atom is 0.0879 e. The highest BCUT2D eigenvalue weighted by Gasteiger charge is 2.15. The molecule has 0 bridgehead atoms. The summed E-state index contributed by atoms with van der Waals surface area (Å²) >= 11 is 1.83. The summed E-state index contributed by atoms with van der Waals surface area (Å²) in [5, 5.41) is 9.76. The molecule has 0 amide bonds. The Morgan fingerprint density at radius 2 is 2.14 bits per heavy atom. The Kier molecular flexibility index (Phi) is 3.24. The van der Waals surface area contributed by atoms with Crippen molar-refractivity contribution in [2.75, 3.05) is 0 Å². The van der Waals surface area contributed by atoms with E-state index in [-0.39, 0.29) is 6.10 Å². The van der Waals surface area contributed by atoms with Crippen LogP contribution in [0.5, 0.6) is 0 Å². The van der Waals surface area contributed by atoms with Crippen molar-refractivity contribution in [2.45, 2.75) is 51.6 Å². The molecule has 0 radical (unpaired) electrons. The molecule has 1 unspecified atom stereocenters. The van der Waals surface area contributed by atoms with E-state index in [1.165, 1.54) is 47.4 Å². The molecule has 78 valence electrons. The average Bonchev–Trinajstić information content (AvgIpc) is 2.49. The molecule has 0 aliphatic heterocycles. The minimum atomic E-state index is -0.230. The number of fused-ring (bicyclic) bond motifs is 1. The van der Waals surface area contributed by atoms with Crippen LogP contribution < -0.4 is 0 Å². The van der Waals surface area contributed by atoms with E-state index in [1.807, 2.05) is 18.3 Å². The smallest absolute Gasteiger partial charge is 0.0879 e. The van der Waals surface area contributed by atoms with Crippen LogP contribution in [0.2, 0.25) is 0 Å². The van der Waals surface area contributed by atoms with Crippen LogP contribution in [0.15, 0.2) is 6.07 Å². The van der Waals surface area contributed by atoms with Gasteiger partial charge in [0, 0.05) is 9.75 Å². The summed E-state index contributed by atoms with van der Waals surface area (Å²) in [5.41, 5.74) is 1.51. The van der Waals surface area contributed by atoms with E-state index < -0.39 is 0 Å². The van der Waals surface area contributed by atoms with Crippen LogP contribution >= 0.6 is 11.3 Å². The minimum Gasteiger partial charge on any atom is -0.388 e. The second kappa shape index (κ2) is 4.45. The van der Waals surface area contributed by atoms with E-state index in [0.717, 1.165) is 6.42 Å². The van der Waals surface area contributed by atoms with Gasteiger partial charge in [-0.2, -0.15) is 0 Å². The summed E-state index contributed by atoms with van der Waals surface area (Å²) in [5.74, 6) is 0. The fourth-order valence-electron chi connectivity index (χ4n) is 2.06. The lowest BCUT2D eigenvalue weighted by atomic mass is 10.1. The third-order valence-electron chi connectivity index (χ3n) is 2.98. The molecule has 1 N–H and O–H groups in total. The summed E-state index contributed by atoms with van der Waals surface area (Å²) in [6, 6.07) is 2.24. The lowest BCUT2D eigenvalue weighted by molar-refractivity contribution is 0.177. The van der Waals surface area contributed by atoms with Crippen molar-refractivity contribution in [3.63, 3.8) is 0 Å². The monoisotopic (exact) mass is 210 g/mol. The van der Waals surface area contributed by atoms with Crippen molar-refractivity contribution in [3.8, 4) is 0 Å². The van der Waals surface area contributed by atoms with Gasteiger partial charge in [-0.3, -0.25) is 0 Å². The van der Waals surface area contributed by atoms with Gasteiger partial charge < -0.3 is 5.11 Å². The molecule has 0 saturated heterocycles. The lowest BCUT2D eigenvalue weighted by Gasteiger charge is -2.02. The maximum atomic E-state index is 9.76. The number of aliphatic hydroxyl groups is 1. The number of rotatable bonds is 2. The van der Waals surface area contributed by atoms with Crippen LogP contribution in [-0.2, 0) is 12.8 Å². The van der Waals surface area contributed by atoms with Crippen molar-refractivity contribution >= 4 is 11.3 Å².